The molecule has 2 rings (SSSR count). The van der Waals surface area contributed by atoms with E-state index in [1.807, 2.05) is 0 Å². The summed E-state index contributed by atoms with van der Waals surface area (Å²) in [5, 5.41) is 6.43. The summed E-state index contributed by atoms with van der Waals surface area (Å²) >= 11 is 1.18. The van der Waals surface area contributed by atoms with Gasteiger partial charge in [-0.3, -0.25) is 4.79 Å². The average molecular weight is 332 g/mol. The molecule has 1 aromatic rings. The molecule has 118 valence electrons. The van der Waals surface area contributed by atoms with Gasteiger partial charge in [-0.25, -0.2) is 13.4 Å². The summed E-state index contributed by atoms with van der Waals surface area (Å²) in [5.74, 6) is 0.387. The van der Waals surface area contributed by atoms with E-state index in [9.17, 15) is 13.2 Å². The molecule has 1 fully saturated rings. The third kappa shape index (κ3) is 4.31. The van der Waals surface area contributed by atoms with Gasteiger partial charge in [0.15, 0.2) is 15.0 Å². The lowest BCUT2D eigenvalue weighted by atomic mass is 10.2. The lowest BCUT2D eigenvalue weighted by molar-refractivity contribution is 0.0946. The second kappa shape index (κ2) is 6.18. The highest BCUT2D eigenvalue weighted by Gasteiger charge is 2.30. The van der Waals surface area contributed by atoms with E-state index in [0.29, 0.717) is 22.3 Å². The van der Waals surface area contributed by atoms with Crippen LogP contribution >= 0.6 is 11.3 Å². The number of carbonyl (C=O) groups is 1. The van der Waals surface area contributed by atoms with Crippen LogP contribution in [0.5, 0.6) is 0 Å². The molecular formula is C12H20N4O3S2. The molecule has 1 aliphatic rings. The topological polar surface area (TPSA) is 114 Å². The predicted octanol–water partition coefficient (Wildman–Crippen LogP) is 0.710. The summed E-state index contributed by atoms with van der Waals surface area (Å²) in [7, 11) is -3.02. The van der Waals surface area contributed by atoms with Crippen LogP contribution in [0.25, 0.3) is 0 Å². The number of thiazole rings is 1. The Bertz CT molecular complexity index is 624. The summed E-state index contributed by atoms with van der Waals surface area (Å²) in [5.41, 5.74) is 5.76. The molecule has 1 aromatic heterocycles. The molecule has 7 nitrogen and oxygen atoms in total. The Kier molecular flexibility index (Phi) is 4.72. The Morgan fingerprint density at radius 3 is 2.81 bits per heavy atom. The summed E-state index contributed by atoms with van der Waals surface area (Å²) in [6.45, 7) is 4.88. The third-order valence-electron chi connectivity index (χ3n) is 3.09. The Morgan fingerprint density at radius 2 is 2.24 bits per heavy atom. The lowest BCUT2D eigenvalue weighted by Crippen LogP contribution is -2.35. The summed E-state index contributed by atoms with van der Waals surface area (Å²) in [4.78, 5) is 16.6. The van der Waals surface area contributed by atoms with E-state index in [2.05, 4.69) is 29.5 Å². The number of hydrogen-bond donors (Lipinski definition) is 3. The normalized spacial score (nSPS) is 20.6. The van der Waals surface area contributed by atoms with Crippen molar-refractivity contribution >= 4 is 38.0 Å². The van der Waals surface area contributed by atoms with Crippen LogP contribution in [0.4, 0.5) is 10.9 Å². The standard InChI is InChI=1S/C12H20N4O3S2/c1-7(2)5-14-12-16-10(13)9(20-12)11(17)15-8-3-4-21(18,19)6-8/h7-8H,3-6,13H2,1-2H3,(H,14,16)(H,15,17). The summed E-state index contributed by atoms with van der Waals surface area (Å²) < 4.78 is 22.8. The van der Waals surface area contributed by atoms with Gasteiger partial charge in [0.05, 0.1) is 11.5 Å². The molecule has 0 aliphatic carbocycles. The highest BCUT2D eigenvalue weighted by atomic mass is 32.2. The van der Waals surface area contributed by atoms with Crippen molar-refractivity contribution in [2.45, 2.75) is 26.3 Å². The number of carbonyl (C=O) groups excluding carboxylic acids is 1. The number of nitrogens with zero attached hydrogens (tertiary/aromatic N) is 1. The van der Waals surface area contributed by atoms with E-state index in [1.165, 1.54) is 11.3 Å². The number of aromatic nitrogens is 1. The van der Waals surface area contributed by atoms with Gasteiger partial charge in [0.1, 0.15) is 10.7 Å². The van der Waals surface area contributed by atoms with E-state index >= 15 is 0 Å². The van der Waals surface area contributed by atoms with Crippen LogP contribution in [0.2, 0.25) is 0 Å². The van der Waals surface area contributed by atoms with Crippen LogP contribution in [-0.2, 0) is 9.84 Å². The Hall–Kier alpha value is -1.35. The quantitative estimate of drug-likeness (QED) is 0.731. The first-order valence-electron chi connectivity index (χ1n) is 6.78. The molecule has 0 radical (unpaired) electrons. The van der Waals surface area contributed by atoms with Gasteiger partial charge in [0.25, 0.3) is 5.91 Å². The Balaban J connectivity index is 1.99. The van der Waals surface area contributed by atoms with Gasteiger partial charge in [-0.1, -0.05) is 25.2 Å². The van der Waals surface area contributed by atoms with Crippen molar-refractivity contribution in [2.75, 3.05) is 29.1 Å². The Labute approximate surface area is 128 Å². The fourth-order valence-corrected chi connectivity index (χ4v) is 4.49. The number of rotatable bonds is 5. The van der Waals surface area contributed by atoms with Crippen LogP contribution in [0.3, 0.4) is 0 Å². The maximum Gasteiger partial charge on any atom is 0.265 e. The van der Waals surface area contributed by atoms with E-state index in [1.54, 1.807) is 0 Å². The number of nitrogen functional groups attached to an aromatic ring is 1. The van der Waals surface area contributed by atoms with Gasteiger partial charge >= 0.3 is 0 Å². The molecule has 4 N–H and O–H groups in total. The first kappa shape index (κ1) is 16.0. The molecule has 0 bridgehead atoms. The smallest absolute Gasteiger partial charge is 0.265 e. The molecule has 0 saturated carbocycles. The molecule has 1 aliphatic heterocycles. The van der Waals surface area contributed by atoms with Crippen molar-refractivity contribution in [3.05, 3.63) is 4.88 Å². The van der Waals surface area contributed by atoms with Crippen molar-refractivity contribution < 1.29 is 13.2 Å². The minimum absolute atomic E-state index is 0.00406. The second-order valence-corrected chi connectivity index (χ2v) is 8.81. The molecule has 1 atom stereocenters. The molecular weight excluding hydrogens is 312 g/mol. The number of anilines is 2. The van der Waals surface area contributed by atoms with Crippen LogP contribution in [0, 0.1) is 5.92 Å². The number of nitrogens with two attached hydrogens (primary N) is 1. The van der Waals surface area contributed by atoms with E-state index in [4.69, 9.17) is 5.73 Å². The van der Waals surface area contributed by atoms with Crippen molar-refractivity contribution in [3.63, 3.8) is 0 Å². The number of nitrogens with one attached hydrogen (secondary N) is 2. The zero-order chi connectivity index (χ0) is 15.6. The third-order valence-corrected chi connectivity index (χ3v) is 5.88. The van der Waals surface area contributed by atoms with Crippen molar-refractivity contribution in [2.24, 2.45) is 5.92 Å². The zero-order valence-electron chi connectivity index (χ0n) is 12.0. The molecule has 2 heterocycles. The van der Waals surface area contributed by atoms with E-state index in [0.717, 1.165) is 6.54 Å². The van der Waals surface area contributed by atoms with E-state index < -0.39 is 9.84 Å². The number of sulfone groups is 1. The predicted molar refractivity (Wildman–Crippen MR) is 84.4 cm³/mol. The molecule has 1 amide bonds. The molecule has 0 aromatic carbocycles. The van der Waals surface area contributed by atoms with Gasteiger partial charge in [0.2, 0.25) is 0 Å². The highest BCUT2D eigenvalue weighted by Crippen LogP contribution is 2.25. The van der Waals surface area contributed by atoms with Crippen molar-refractivity contribution in [1.82, 2.24) is 10.3 Å². The summed E-state index contributed by atoms with van der Waals surface area (Å²) in [6.07, 6.45) is 0.450. The maximum absolute atomic E-state index is 12.1. The van der Waals surface area contributed by atoms with Crippen LogP contribution in [-0.4, -0.2) is 43.4 Å². The van der Waals surface area contributed by atoms with Gasteiger partial charge < -0.3 is 16.4 Å². The van der Waals surface area contributed by atoms with Crippen molar-refractivity contribution in [1.29, 1.82) is 0 Å². The zero-order valence-corrected chi connectivity index (χ0v) is 13.7. The first-order chi connectivity index (χ1) is 9.77. The summed E-state index contributed by atoms with van der Waals surface area (Å²) in [6, 6.07) is -0.337. The van der Waals surface area contributed by atoms with Gasteiger partial charge in [-0.15, -0.1) is 0 Å². The fraction of sp³-hybridized carbons (Fsp3) is 0.667. The lowest BCUT2D eigenvalue weighted by Gasteiger charge is -2.09. The minimum atomic E-state index is -3.02. The van der Waals surface area contributed by atoms with Crippen LogP contribution in [0.15, 0.2) is 0 Å². The monoisotopic (exact) mass is 332 g/mol. The number of amides is 1. The molecule has 1 saturated heterocycles. The van der Waals surface area contributed by atoms with Gasteiger partial charge in [-0.2, -0.15) is 0 Å². The molecule has 1 unspecified atom stereocenters. The van der Waals surface area contributed by atoms with Crippen molar-refractivity contribution in [3.8, 4) is 0 Å². The van der Waals surface area contributed by atoms with Crippen LogP contribution in [0.1, 0.15) is 29.9 Å². The SMILES string of the molecule is CC(C)CNc1nc(N)c(C(=O)NC2CCS(=O)(=O)C2)s1. The molecule has 0 spiro atoms. The minimum Gasteiger partial charge on any atom is -0.382 e. The van der Waals surface area contributed by atoms with Gasteiger partial charge in [-0.05, 0) is 12.3 Å². The fourth-order valence-electron chi connectivity index (χ4n) is 2.02. The average Bonchev–Trinajstić information content (AvgIpc) is 2.89. The second-order valence-electron chi connectivity index (χ2n) is 5.58. The van der Waals surface area contributed by atoms with Gasteiger partial charge in [0, 0.05) is 12.6 Å². The maximum atomic E-state index is 12.1. The molecule has 9 heteroatoms. The highest BCUT2D eigenvalue weighted by molar-refractivity contribution is 7.91. The Morgan fingerprint density at radius 1 is 1.52 bits per heavy atom. The largest absolute Gasteiger partial charge is 0.382 e. The molecule has 21 heavy (non-hydrogen) atoms. The number of hydrogen-bond acceptors (Lipinski definition) is 7. The van der Waals surface area contributed by atoms with Crippen LogP contribution < -0.4 is 16.4 Å². The van der Waals surface area contributed by atoms with E-state index in [-0.39, 0.29) is 29.3 Å². The first-order valence-corrected chi connectivity index (χ1v) is 9.42.